The summed E-state index contributed by atoms with van der Waals surface area (Å²) in [5.41, 5.74) is 9.00. The van der Waals surface area contributed by atoms with E-state index in [0.717, 1.165) is 83.0 Å². The minimum atomic E-state index is 0.584. The summed E-state index contributed by atoms with van der Waals surface area (Å²) in [6, 6.07) is 62.2. The number of para-hydroxylation sites is 2. The lowest BCUT2D eigenvalue weighted by molar-refractivity contribution is 0.668. The normalized spacial score (nSPS) is 11.6. The molecule has 258 valence electrons. The van der Waals surface area contributed by atoms with Gasteiger partial charge in [0.1, 0.15) is 22.3 Å². The Bertz CT molecular complexity index is 3220. The van der Waals surface area contributed by atoms with Crippen LogP contribution in [-0.2, 0) is 0 Å². The predicted octanol–water partition coefficient (Wildman–Crippen LogP) is 13.3. The van der Waals surface area contributed by atoms with E-state index in [2.05, 4.69) is 120 Å². The maximum atomic E-state index is 6.66. The summed E-state index contributed by atoms with van der Waals surface area (Å²) in [4.78, 5) is 17.5. The number of rotatable bonds is 6. The molecular formula is C49H30N4O2. The molecule has 0 N–H and O–H groups in total. The Morgan fingerprint density at radius 3 is 1.87 bits per heavy atom. The van der Waals surface area contributed by atoms with Gasteiger partial charge in [-0.25, -0.2) is 15.0 Å². The molecule has 0 saturated carbocycles. The lowest BCUT2D eigenvalue weighted by Crippen LogP contribution is -2.09. The maximum absolute atomic E-state index is 6.66. The molecule has 8 aromatic carbocycles. The number of benzene rings is 8. The lowest BCUT2D eigenvalue weighted by atomic mass is 10.0. The average molecular weight is 707 g/mol. The molecule has 55 heavy (non-hydrogen) atoms. The summed E-state index contributed by atoms with van der Waals surface area (Å²) in [7, 11) is 0. The highest BCUT2D eigenvalue weighted by Crippen LogP contribution is 2.42. The first-order valence-electron chi connectivity index (χ1n) is 18.3. The van der Waals surface area contributed by atoms with Crippen molar-refractivity contribution in [3.8, 4) is 34.2 Å². The van der Waals surface area contributed by atoms with Crippen LogP contribution in [0, 0.1) is 0 Å². The predicted molar refractivity (Wildman–Crippen MR) is 223 cm³/mol. The van der Waals surface area contributed by atoms with Crippen LogP contribution in [0.5, 0.6) is 0 Å². The van der Waals surface area contributed by atoms with Crippen molar-refractivity contribution in [2.45, 2.75) is 0 Å². The highest BCUT2D eigenvalue weighted by Gasteiger charge is 2.21. The van der Waals surface area contributed by atoms with Crippen molar-refractivity contribution in [3.63, 3.8) is 0 Å². The van der Waals surface area contributed by atoms with E-state index in [1.165, 1.54) is 5.39 Å². The Morgan fingerprint density at radius 2 is 1.00 bits per heavy atom. The minimum Gasteiger partial charge on any atom is -0.456 e. The Labute approximate surface area is 315 Å². The van der Waals surface area contributed by atoms with Gasteiger partial charge in [0, 0.05) is 61.4 Å². The van der Waals surface area contributed by atoms with E-state index in [9.17, 15) is 0 Å². The molecule has 0 spiro atoms. The van der Waals surface area contributed by atoms with E-state index in [0.29, 0.717) is 17.5 Å². The highest BCUT2D eigenvalue weighted by molar-refractivity contribution is 6.13. The monoisotopic (exact) mass is 706 g/mol. The van der Waals surface area contributed by atoms with Crippen LogP contribution >= 0.6 is 0 Å². The van der Waals surface area contributed by atoms with E-state index in [4.69, 9.17) is 23.8 Å². The molecule has 0 fully saturated rings. The topological polar surface area (TPSA) is 68.2 Å². The van der Waals surface area contributed by atoms with Crippen molar-refractivity contribution in [1.82, 2.24) is 15.0 Å². The second kappa shape index (κ2) is 12.5. The molecule has 0 aliphatic heterocycles. The fourth-order valence-electron chi connectivity index (χ4n) is 7.69. The summed E-state index contributed by atoms with van der Waals surface area (Å²) in [5, 5.41) is 6.39. The van der Waals surface area contributed by atoms with Gasteiger partial charge < -0.3 is 13.7 Å². The summed E-state index contributed by atoms with van der Waals surface area (Å²) in [5.74, 6) is 1.81. The van der Waals surface area contributed by atoms with Crippen LogP contribution in [-0.4, -0.2) is 15.0 Å². The first kappa shape index (κ1) is 31.0. The molecule has 0 atom stereocenters. The van der Waals surface area contributed by atoms with Crippen LogP contribution in [0.3, 0.4) is 0 Å². The van der Waals surface area contributed by atoms with Gasteiger partial charge in [0.25, 0.3) is 0 Å². The SMILES string of the molecule is c1ccc(-c2nc(-c3ccc4ccccc4c3)nc(-c3cccc4oc5cc(N(c6ccccc6)c6ccc7oc8ccccc8c7c6)ccc5c34)n2)cc1. The third kappa shape index (κ3) is 5.31. The zero-order valence-electron chi connectivity index (χ0n) is 29.4. The number of hydrogen-bond donors (Lipinski definition) is 0. The molecule has 0 bridgehead atoms. The van der Waals surface area contributed by atoms with Crippen molar-refractivity contribution >= 4 is 71.7 Å². The van der Waals surface area contributed by atoms with Crippen LogP contribution in [0.25, 0.3) is 88.8 Å². The number of aromatic nitrogens is 3. The van der Waals surface area contributed by atoms with Gasteiger partial charge >= 0.3 is 0 Å². The zero-order chi connectivity index (χ0) is 36.3. The van der Waals surface area contributed by atoms with E-state index < -0.39 is 0 Å². The number of furan rings is 2. The van der Waals surface area contributed by atoms with Gasteiger partial charge in [-0.15, -0.1) is 0 Å². The summed E-state index contributed by atoms with van der Waals surface area (Å²) >= 11 is 0. The molecule has 6 nitrogen and oxygen atoms in total. The van der Waals surface area contributed by atoms with E-state index in [1.807, 2.05) is 66.7 Å². The third-order valence-corrected chi connectivity index (χ3v) is 10.3. The molecule has 3 heterocycles. The van der Waals surface area contributed by atoms with Gasteiger partial charge in [0.05, 0.1) is 0 Å². The molecule has 0 aliphatic rings. The second-order valence-corrected chi connectivity index (χ2v) is 13.6. The lowest BCUT2D eigenvalue weighted by Gasteiger charge is -2.25. The van der Waals surface area contributed by atoms with E-state index in [-0.39, 0.29) is 0 Å². The Hall–Kier alpha value is -7.57. The molecule has 6 heteroatoms. The van der Waals surface area contributed by atoms with Gasteiger partial charge in [-0.1, -0.05) is 115 Å². The Morgan fingerprint density at radius 1 is 0.345 bits per heavy atom. The summed E-state index contributed by atoms with van der Waals surface area (Å²) < 4.78 is 12.8. The zero-order valence-corrected chi connectivity index (χ0v) is 29.4. The number of fused-ring (bicyclic) bond motifs is 7. The van der Waals surface area contributed by atoms with Crippen LogP contribution in [0.4, 0.5) is 17.1 Å². The quantitative estimate of drug-likeness (QED) is 0.171. The van der Waals surface area contributed by atoms with Crippen LogP contribution in [0.15, 0.2) is 191 Å². The Balaban J connectivity index is 1.08. The number of nitrogens with zero attached hydrogens (tertiary/aromatic N) is 4. The van der Waals surface area contributed by atoms with Gasteiger partial charge in [-0.3, -0.25) is 0 Å². The van der Waals surface area contributed by atoms with Crippen molar-refractivity contribution in [3.05, 3.63) is 182 Å². The maximum Gasteiger partial charge on any atom is 0.164 e. The first-order valence-corrected chi connectivity index (χ1v) is 18.3. The first-order chi connectivity index (χ1) is 27.2. The van der Waals surface area contributed by atoms with Gasteiger partial charge in [-0.2, -0.15) is 0 Å². The van der Waals surface area contributed by atoms with E-state index in [1.54, 1.807) is 0 Å². The van der Waals surface area contributed by atoms with Crippen LogP contribution in [0.2, 0.25) is 0 Å². The molecule has 0 amide bonds. The fraction of sp³-hybridized carbons (Fsp3) is 0. The fourth-order valence-corrected chi connectivity index (χ4v) is 7.69. The van der Waals surface area contributed by atoms with Crippen molar-refractivity contribution in [2.75, 3.05) is 4.90 Å². The van der Waals surface area contributed by atoms with E-state index >= 15 is 0 Å². The number of anilines is 3. The molecule has 0 radical (unpaired) electrons. The van der Waals surface area contributed by atoms with Crippen molar-refractivity contribution in [2.24, 2.45) is 0 Å². The van der Waals surface area contributed by atoms with Gasteiger partial charge in [-0.05, 0) is 71.4 Å². The summed E-state index contributed by atoms with van der Waals surface area (Å²) in [6.45, 7) is 0. The van der Waals surface area contributed by atoms with Crippen LogP contribution in [0.1, 0.15) is 0 Å². The molecule has 3 aromatic heterocycles. The molecule has 11 aromatic rings. The highest BCUT2D eigenvalue weighted by atomic mass is 16.3. The average Bonchev–Trinajstić information content (AvgIpc) is 3.82. The van der Waals surface area contributed by atoms with Crippen molar-refractivity contribution in [1.29, 1.82) is 0 Å². The molecule has 0 aliphatic carbocycles. The standard InChI is InChI=1S/C49H30N4O2/c1-3-13-32(14-4-1)47-50-48(34-23-22-31-12-7-8-15-33(31)28-34)52-49(51-47)40-19-11-21-44-46(40)39-26-24-37(30-45(39)55-44)53(35-16-5-2-6-17-35)36-25-27-43-41(29-36)38-18-9-10-20-42(38)54-43/h1-30H. The van der Waals surface area contributed by atoms with Gasteiger partial charge in [0.15, 0.2) is 17.5 Å². The molecular weight excluding hydrogens is 677 g/mol. The largest absolute Gasteiger partial charge is 0.456 e. The smallest absolute Gasteiger partial charge is 0.164 e. The molecule has 0 unspecified atom stereocenters. The summed E-state index contributed by atoms with van der Waals surface area (Å²) in [6.07, 6.45) is 0. The Kier molecular flexibility index (Phi) is 7.07. The van der Waals surface area contributed by atoms with Crippen LogP contribution < -0.4 is 4.90 Å². The second-order valence-electron chi connectivity index (χ2n) is 13.6. The van der Waals surface area contributed by atoms with Crippen molar-refractivity contribution < 1.29 is 8.83 Å². The minimum absolute atomic E-state index is 0.584. The third-order valence-electron chi connectivity index (χ3n) is 10.3. The molecule has 11 rings (SSSR count). The number of hydrogen-bond acceptors (Lipinski definition) is 6. The van der Waals surface area contributed by atoms with Gasteiger partial charge in [0.2, 0.25) is 0 Å². The molecule has 0 saturated heterocycles.